The number of hydrogen-bond acceptors (Lipinski definition) is 3. The summed E-state index contributed by atoms with van der Waals surface area (Å²) in [6.07, 6.45) is -0.671. The highest BCUT2D eigenvalue weighted by atomic mass is 79.9. The van der Waals surface area contributed by atoms with E-state index in [1.165, 1.54) is 6.92 Å². The summed E-state index contributed by atoms with van der Waals surface area (Å²) < 4.78 is 0.778. The molecule has 2 rings (SSSR count). The normalized spacial score (nSPS) is 11.8. The van der Waals surface area contributed by atoms with Gasteiger partial charge < -0.3 is 15.5 Å². The van der Waals surface area contributed by atoms with Gasteiger partial charge in [0.1, 0.15) is 0 Å². The van der Waals surface area contributed by atoms with E-state index in [1.807, 2.05) is 30.3 Å². The number of aliphatic hydroxyl groups excluding tert-OH is 1. The van der Waals surface area contributed by atoms with Crippen LogP contribution < -0.4 is 5.32 Å². The van der Waals surface area contributed by atoms with Crippen LogP contribution >= 0.6 is 15.9 Å². The highest BCUT2D eigenvalue weighted by Gasteiger charge is 2.10. The first-order chi connectivity index (χ1) is 11.4. The lowest BCUT2D eigenvalue weighted by molar-refractivity contribution is -0.137. The summed E-state index contributed by atoms with van der Waals surface area (Å²) in [5, 5.41) is 21.4. The summed E-state index contributed by atoms with van der Waals surface area (Å²) in [7, 11) is 0. The van der Waals surface area contributed by atoms with Gasteiger partial charge in [0.2, 0.25) is 5.91 Å². The minimum Gasteiger partial charge on any atom is -0.481 e. The number of carbonyl (C=O) groups is 2. The molecule has 6 heteroatoms. The Morgan fingerprint density at radius 2 is 1.75 bits per heavy atom. The molecular formula is C18H18BrNO4. The van der Waals surface area contributed by atoms with Crippen LogP contribution in [0.5, 0.6) is 0 Å². The van der Waals surface area contributed by atoms with E-state index in [9.17, 15) is 14.7 Å². The number of nitrogens with one attached hydrogen (secondary N) is 1. The van der Waals surface area contributed by atoms with Crippen LogP contribution in [0.3, 0.4) is 0 Å². The number of carboxylic acids is 1. The topological polar surface area (TPSA) is 86.6 Å². The monoisotopic (exact) mass is 391 g/mol. The van der Waals surface area contributed by atoms with Crippen molar-refractivity contribution in [2.24, 2.45) is 0 Å². The van der Waals surface area contributed by atoms with Gasteiger partial charge in [0, 0.05) is 17.8 Å². The molecule has 3 N–H and O–H groups in total. The number of aliphatic hydroxyl groups is 1. The number of amides is 1. The number of rotatable bonds is 6. The maximum Gasteiger partial charge on any atom is 0.303 e. The summed E-state index contributed by atoms with van der Waals surface area (Å²) in [5.41, 5.74) is 3.31. The fourth-order valence-corrected chi connectivity index (χ4v) is 2.79. The molecule has 24 heavy (non-hydrogen) atoms. The Balaban J connectivity index is 2.14. The average molecular weight is 392 g/mol. The van der Waals surface area contributed by atoms with Crippen molar-refractivity contribution in [1.29, 1.82) is 0 Å². The van der Waals surface area contributed by atoms with Crippen molar-refractivity contribution in [1.82, 2.24) is 0 Å². The molecule has 0 spiro atoms. The molecule has 0 bridgehead atoms. The Kier molecular flexibility index (Phi) is 6.11. The number of carboxylic acid groups (broad SMARTS) is 1. The van der Waals surface area contributed by atoms with Gasteiger partial charge in [-0.05, 0) is 51.2 Å². The van der Waals surface area contributed by atoms with Gasteiger partial charge >= 0.3 is 5.97 Å². The van der Waals surface area contributed by atoms with Gasteiger partial charge in [0.15, 0.2) is 0 Å². The Morgan fingerprint density at radius 3 is 2.29 bits per heavy atom. The minimum absolute atomic E-state index is 0.0690. The molecule has 0 saturated heterocycles. The van der Waals surface area contributed by atoms with Crippen LogP contribution in [0, 0.1) is 0 Å². The van der Waals surface area contributed by atoms with Crippen molar-refractivity contribution in [3.63, 3.8) is 0 Å². The molecule has 2 aromatic rings. The van der Waals surface area contributed by atoms with Crippen LogP contribution in [-0.2, 0) is 9.59 Å². The SMILES string of the molecule is CC(=O)Nc1ccc(-c2ccc(C(O)CCC(=O)O)cc2)cc1Br. The van der Waals surface area contributed by atoms with E-state index in [4.69, 9.17) is 5.11 Å². The number of anilines is 1. The Hall–Kier alpha value is -2.18. The van der Waals surface area contributed by atoms with Crippen LogP contribution in [0.4, 0.5) is 5.69 Å². The van der Waals surface area contributed by atoms with Crippen molar-refractivity contribution < 1.29 is 19.8 Å². The van der Waals surface area contributed by atoms with E-state index in [0.717, 1.165) is 15.6 Å². The molecule has 2 aromatic carbocycles. The second kappa shape index (κ2) is 8.08. The molecule has 1 amide bonds. The Bertz CT molecular complexity index is 743. The first kappa shape index (κ1) is 18.2. The summed E-state index contributed by atoms with van der Waals surface area (Å²) in [6.45, 7) is 1.45. The standard InChI is InChI=1S/C18H18BrNO4/c1-11(21)20-16-7-6-14(10-15(16)19)12-2-4-13(5-3-12)17(22)8-9-18(23)24/h2-7,10,17,22H,8-9H2,1H3,(H,20,21)(H,23,24). The summed E-state index contributed by atoms with van der Waals surface area (Å²) in [4.78, 5) is 21.7. The lowest BCUT2D eigenvalue weighted by Gasteiger charge is -2.11. The van der Waals surface area contributed by atoms with Crippen molar-refractivity contribution in [2.75, 3.05) is 5.32 Å². The first-order valence-corrected chi connectivity index (χ1v) is 8.23. The zero-order chi connectivity index (χ0) is 17.7. The van der Waals surface area contributed by atoms with Crippen LogP contribution in [0.25, 0.3) is 11.1 Å². The van der Waals surface area contributed by atoms with Gasteiger partial charge in [-0.3, -0.25) is 9.59 Å². The van der Waals surface area contributed by atoms with Crippen molar-refractivity contribution in [2.45, 2.75) is 25.9 Å². The predicted octanol–water partition coefficient (Wildman–Crippen LogP) is 3.97. The molecule has 1 atom stereocenters. The molecule has 0 aliphatic carbocycles. The largest absolute Gasteiger partial charge is 0.481 e. The number of halogens is 1. The molecule has 0 heterocycles. The number of carbonyl (C=O) groups excluding carboxylic acids is 1. The molecule has 126 valence electrons. The smallest absolute Gasteiger partial charge is 0.303 e. The minimum atomic E-state index is -0.921. The molecule has 0 aromatic heterocycles. The van der Waals surface area contributed by atoms with Gasteiger partial charge in [-0.15, -0.1) is 0 Å². The predicted molar refractivity (Wildman–Crippen MR) is 95.7 cm³/mol. The summed E-state index contributed by atoms with van der Waals surface area (Å²) >= 11 is 3.43. The fourth-order valence-electron chi connectivity index (χ4n) is 2.31. The molecule has 0 fully saturated rings. The molecule has 0 saturated carbocycles. The third-order valence-corrected chi connectivity index (χ3v) is 4.20. The van der Waals surface area contributed by atoms with Crippen molar-refractivity contribution in [3.05, 3.63) is 52.5 Å². The molecule has 1 unspecified atom stereocenters. The third kappa shape index (κ3) is 4.91. The lowest BCUT2D eigenvalue weighted by atomic mass is 10.00. The molecule has 0 aliphatic rings. The van der Waals surface area contributed by atoms with E-state index in [0.29, 0.717) is 11.3 Å². The second-order valence-corrected chi connectivity index (χ2v) is 6.30. The average Bonchev–Trinajstić information content (AvgIpc) is 2.54. The zero-order valence-corrected chi connectivity index (χ0v) is 14.7. The fraction of sp³-hybridized carbons (Fsp3) is 0.222. The molecule has 5 nitrogen and oxygen atoms in total. The highest BCUT2D eigenvalue weighted by molar-refractivity contribution is 9.10. The van der Waals surface area contributed by atoms with Crippen LogP contribution in [-0.4, -0.2) is 22.1 Å². The van der Waals surface area contributed by atoms with Gasteiger partial charge in [0.05, 0.1) is 11.8 Å². The first-order valence-electron chi connectivity index (χ1n) is 7.44. The van der Waals surface area contributed by atoms with Gasteiger partial charge in [-0.1, -0.05) is 30.3 Å². The van der Waals surface area contributed by atoms with E-state index in [2.05, 4.69) is 21.2 Å². The van der Waals surface area contributed by atoms with Gasteiger partial charge in [0.25, 0.3) is 0 Å². The van der Waals surface area contributed by atoms with Crippen molar-refractivity contribution >= 4 is 33.5 Å². The molecule has 0 aliphatic heterocycles. The molecule has 0 radical (unpaired) electrons. The summed E-state index contributed by atoms with van der Waals surface area (Å²) in [6, 6.07) is 12.9. The second-order valence-electron chi connectivity index (χ2n) is 5.45. The number of aliphatic carboxylic acids is 1. The Morgan fingerprint density at radius 1 is 1.12 bits per heavy atom. The number of hydrogen-bond donors (Lipinski definition) is 3. The number of benzene rings is 2. The maximum absolute atomic E-state index is 11.1. The van der Waals surface area contributed by atoms with E-state index in [1.54, 1.807) is 12.1 Å². The lowest BCUT2D eigenvalue weighted by Crippen LogP contribution is -2.06. The zero-order valence-electron chi connectivity index (χ0n) is 13.1. The van der Waals surface area contributed by atoms with E-state index >= 15 is 0 Å². The maximum atomic E-state index is 11.1. The molecular weight excluding hydrogens is 374 g/mol. The Labute approximate surface area is 148 Å². The van der Waals surface area contributed by atoms with Gasteiger partial charge in [-0.2, -0.15) is 0 Å². The van der Waals surface area contributed by atoms with Crippen LogP contribution in [0.2, 0.25) is 0 Å². The third-order valence-electron chi connectivity index (χ3n) is 3.54. The van der Waals surface area contributed by atoms with E-state index < -0.39 is 12.1 Å². The van der Waals surface area contributed by atoms with Crippen LogP contribution in [0.15, 0.2) is 46.9 Å². The highest BCUT2D eigenvalue weighted by Crippen LogP contribution is 2.30. The summed E-state index contributed by atoms with van der Waals surface area (Å²) in [5.74, 6) is -1.06. The van der Waals surface area contributed by atoms with Gasteiger partial charge in [-0.25, -0.2) is 0 Å². The van der Waals surface area contributed by atoms with Crippen molar-refractivity contribution in [3.8, 4) is 11.1 Å². The quantitative estimate of drug-likeness (QED) is 0.694. The van der Waals surface area contributed by atoms with Crippen LogP contribution in [0.1, 0.15) is 31.4 Å². The van der Waals surface area contributed by atoms with E-state index in [-0.39, 0.29) is 18.7 Å².